The van der Waals surface area contributed by atoms with Crippen LogP contribution in [-0.2, 0) is 21.9 Å². The van der Waals surface area contributed by atoms with Gasteiger partial charge in [0, 0.05) is 13.1 Å². The number of hydrogen-bond acceptors (Lipinski definition) is 5. The Morgan fingerprint density at radius 2 is 2.23 bits per heavy atom. The van der Waals surface area contributed by atoms with Gasteiger partial charge in [-0.3, -0.25) is 0 Å². The topological polar surface area (TPSA) is 51.6 Å². The van der Waals surface area contributed by atoms with Gasteiger partial charge in [0.1, 0.15) is 12.5 Å². The first-order valence-corrected chi connectivity index (χ1v) is 4.63. The predicted molar refractivity (Wildman–Crippen MR) is 46.7 cm³/mol. The lowest BCUT2D eigenvalue weighted by Gasteiger charge is -2.19. The van der Waals surface area contributed by atoms with E-state index in [0.29, 0.717) is 5.01 Å². The summed E-state index contributed by atoms with van der Waals surface area (Å²) in [5, 5.41) is 9.56. The first-order valence-electron chi connectivity index (χ1n) is 3.81. The van der Waals surface area contributed by atoms with Crippen molar-refractivity contribution in [3.05, 3.63) is 28.6 Å². The van der Waals surface area contributed by atoms with Crippen molar-refractivity contribution in [1.82, 2.24) is 4.98 Å². The van der Waals surface area contributed by atoms with Gasteiger partial charge in [0.25, 0.3) is 0 Å². The van der Waals surface area contributed by atoms with Crippen molar-refractivity contribution in [2.75, 3.05) is 0 Å². The van der Waals surface area contributed by atoms with E-state index in [-0.39, 0.29) is 6.61 Å². The van der Waals surface area contributed by atoms with E-state index in [4.69, 9.17) is 14.6 Å². The quantitative estimate of drug-likeness (QED) is 0.780. The normalized spacial score (nSPS) is 18.3. The van der Waals surface area contributed by atoms with Crippen molar-refractivity contribution in [1.29, 1.82) is 0 Å². The second-order valence-corrected chi connectivity index (χ2v) is 3.86. The molecule has 1 aromatic rings. The van der Waals surface area contributed by atoms with E-state index in [2.05, 4.69) is 4.98 Å². The molecule has 0 aromatic carbocycles. The summed E-state index contributed by atoms with van der Waals surface area (Å²) in [6, 6.07) is 0. The van der Waals surface area contributed by atoms with Crippen LogP contribution in [0.25, 0.3) is 0 Å². The molecule has 0 radical (unpaired) electrons. The third-order valence-electron chi connectivity index (χ3n) is 1.74. The fourth-order valence-corrected chi connectivity index (χ4v) is 1.84. The van der Waals surface area contributed by atoms with Gasteiger partial charge in [-0.05, 0) is 0 Å². The van der Waals surface area contributed by atoms with Crippen LogP contribution >= 0.6 is 11.3 Å². The molecule has 13 heavy (non-hydrogen) atoms. The molecule has 0 aliphatic carbocycles. The summed E-state index contributed by atoms with van der Waals surface area (Å²) in [5.41, 5.74) is 0. The zero-order valence-electron chi connectivity index (χ0n) is 7.06. The summed E-state index contributed by atoms with van der Waals surface area (Å²) in [6.07, 6.45) is 4.59. The fourth-order valence-electron chi connectivity index (χ4n) is 1.03. The molecule has 0 saturated heterocycles. The third-order valence-corrected chi connectivity index (χ3v) is 2.91. The molecule has 0 unspecified atom stereocenters. The molecule has 2 rings (SSSR count). The maximum atomic E-state index is 8.85. The van der Waals surface area contributed by atoms with Crippen molar-refractivity contribution < 1.29 is 14.6 Å². The molecule has 0 bridgehead atoms. The standard InChI is InChI=1S/C8H9NO3S/c1-8(11-2-3-12-8)7-9-4-6(5-10)13-7/h2-4,10H,5H2,1H3. The molecule has 0 saturated carbocycles. The van der Waals surface area contributed by atoms with Crippen molar-refractivity contribution in [3.63, 3.8) is 0 Å². The summed E-state index contributed by atoms with van der Waals surface area (Å²) in [4.78, 5) is 4.91. The highest BCUT2D eigenvalue weighted by molar-refractivity contribution is 7.11. The number of nitrogens with zero attached hydrogens (tertiary/aromatic N) is 1. The van der Waals surface area contributed by atoms with Crippen LogP contribution < -0.4 is 0 Å². The van der Waals surface area contributed by atoms with Crippen LogP contribution in [0.4, 0.5) is 0 Å². The molecule has 1 aliphatic heterocycles. The molecule has 0 spiro atoms. The molecule has 2 heterocycles. The van der Waals surface area contributed by atoms with Gasteiger partial charge in [0.2, 0.25) is 0 Å². The molecule has 1 aromatic heterocycles. The lowest BCUT2D eigenvalue weighted by Crippen LogP contribution is -2.21. The van der Waals surface area contributed by atoms with Crippen molar-refractivity contribution >= 4 is 11.3 Å². The molecule has 5 heteroatoms. The largest absolute Gasteiger partial charge is 0.451 e. The van der Waals surface area contributed by atoms with Crippen LogP contribution in [0.2, 0.25) is 0 Å². The van der Waals surface area contributed by atoms with Crippen LogP contribution in [0.15, 0.2) is 18.7 Å². The van der Waals surface area contributed by atoms with Crippen molar-refractivity contribution in [3.8, 4) is 0 Å². The molecule has 0 fully saturated rings. The average Bonchev–Trinajstić information content (AvgIpc) is 2.72. The third kappa shape index (κ3) is 1.40. The molecule has 1 aliphatic rings. The lowest BCUT2D eigenvalue weighted by molar-refractivity contribution is -0.133. The molecule has 70 valence electrons. The maximum absolute atomic E-state index is 8.85. The van der Waals surface area contributed by atoms with Gasteiger partial charge < -0.3 is 14.6 Å². The van der Waals surface area contributed by atoms with E-state index >= 15 is 0 Å². The van der Waals surface area contributed by atoms with Crippen LogP contribution in [0.3, 0.4) is 0 Å². The Balaban J connectivity index is 2.24. The van der Waals surface area contributed by atoms with Crippen molar-refractivity contribution in [2.24, 2.45) is 0 Å². The Bertz CT molecular complexity index is 326. The fraction of sp³-hybridized carbons (Fsp3) is 0.375. The van der Waals surface area contributed by atoms with Crippen LogP contribution in [-0.4, -0.2) is 10.1 Å². The van der Waals surface area contributed by atoms with Crippen LogP contribution in [0, 0.1) is 0 Å². The molecular weight excluding hydrogens is 190 g/mol. The predicted octanol–water partition coefficient (Wildman–Crippen LogP) is 1.33. The summed E-state index contributed by atoms with van der Waals surface area (Å²) in [5.74, 6) is -0.807. The van der Waals surface area contributed by atoms with E-state index < -0.39 is 5.79 Å². The highest BCUT2D eigenvalue weighted by Crippen LogP contribution is 2.33. The molecule has 0 amide bonds. The van der Waals surface area contributed by atoms with Gasteiger partial charge in [-0.1, -0.05) is 0 Å². The van der Waals surface area contributed by atoms with Crippen LogP contribution in [0.5, 0.6) is 0 Å². The maximum Gasteiger partial charge on any atom is 0.300 e. The Hall–Kier alpha value is -1.07. The minimum absolute atomic E-state index is 0.00117. The number of aromatic nitrogens is 1. The first kappa shape index (κ1) is 8.52. The van der Waals surface area contributed by atoms with E-state index in [9.17, 15) is 0 Å². The van der Waals surface area contributed by atoms with E-state index in [1.807, 2.05) is 0 Å². The number of aliphatic hydroxyl groups excluding tert-OH is 1. The highest BCUT2D eigenvalue weighted by Gasteiger charge is 2.35. The van der Waals surface area contributed by atoms with Gasteiger partial charge >= 0.3 is 5.79 Å². The Morgan fingerprint density at radius 1 is 1.54 bits per heavy atom. The van der Waals surface area contributed by atoms with Gasteiger partial charge in [-0.2, -0.15) is 0 Å². The monoisotopic (exact) mass is 199 g/mol. The lowest BCUT2D eigenvalue weighted by atomic mass is 10.3. The zero-order valence-corrected chi connectivity index (χ0v) is 7.87. The minimum atomic E-state index is -0.807. The first-order chi connectivity index (χ1) is 6.24. The molecule has 4 nitrogen and oxygen atoms in total. The number of ether oxygens (including phenoxy) is 2. The highest BCUT2D eigenvalue weighted by atomic mass is 32.1. The van der Waals surface area contributed by atoms with Crippen LogP contribution in [0.1, 0.15) is 16.8 Å². The average molecular weight is 199 g/mol. The number of hydrogen-bond donors (Lipinski definition) is 1. The van der Waals surface area contributed by atoms with Gasteiger partial charge in [-0.25, -0.2) is 4.98 Å². The van der Waals surface area contributed by atoms with Gasteiger partial charge in [-0.15, -0.1) is 11.3 Å². The second-order valence-electron chi connectivity index (χ2n) is 2.74. The second kappa shape index (κ2) is 3.01. The van der Waals surface area contributed by atoms with E-state index in [0.717, 1.165) is 4.88 Å². The SMILES string of the molecule is CC1(c2ncc(CO)s2)OC=CO1. The molecule has 1 N–H and O–H groups in total. The molecular formula is C8H9NO3S. The molecule has 0 atom stereocenters. The van der Waals surface area contributed by atoms with Crippen molar-refractivity contribution in [2.45, 2.75) is 19.3 Å². The summed E-state index contributed by atoms with van der Waals surface area (Å²) in [7, 11) is 0. The summed E-state index contributed by atoms with van der Waals surface area (Å²) in [6.45, 7) is 1.79. The summed E-state index contributed by atoms with van der Waals surface area (Å²) >= 11 is 1.38. The zero-order chi connectivity index (χ0) is 9.31. The Labute approximate surface area is 79.4 Å². The van der Waals surface area contributed by atoms with E-state index in [1.54, 1.807) is 13.1 Å². The number of aliphatic hydroxyl groups is 1. The van der Waals surface area contributed by atoms with Gasteiger partial charge in [0.15, 0.2) is 5.01 Å². The summed E-state index contributed by atoms with van der Waals surface area (Å²) < 4.78 is 10.5. The number of thiazole rings is 1. The number of rotatable bonds is 2. The minimum Gasteiger partial charge on any atom is -0.451 e. The Kier molecular flexibility index (Phi) is 1.97. The smallest absolute Gasteiger partial charge is 0.300 e. The Morgan fingerprint density at radius 3 is 2.77 bits per heavy atom. The van der Waals surface area contributed by atoms with Gasteiger partial charge in [0.05, 0.1) is 11.5 Å². The van der Waals surface area contributed by atoms with E-state index in [1.165, 1.54) is 23.9 Å².